The zero-order valence-corrected chi connectivity index (χ0v) is 52.0. The maximum atomic E-state index is 12.7. The van der Waals surface area contributed by atoms with Gasteiger partial charge >= 0.3 is 0 Å². The number of carbonyl (C=O) groups excluding carboxylic acids is 7. The van der Waals surface area contributed by atoms with E-state index in [0.29, 0.717) is 60.4 Å². The number of hydrogen-bond acceptors (Lipinski definition) is 8. The van der Waals surface area contributed by atoms with Crippen molar-refractivity contribution in [1.82, 2.24) is 0 Å². The normalized spacial score (nSPS) is 37.7. The van der Waals surface area contributed by atoms with Crippen LogP contribution in [0.2, 0.25) is 0 Å². The monoisotopic (exact) mass is 1110 g/mol. The summed E-state index contributed by atoms with van der Waals surface area (Å²) in [7, 11) is 0. The minimum absolute atomic E-state index is 0.0270. The molecular weight excluding hydrogens is 1020 g/mol. The molecule has 0 bridgehead atoms. The van der Waals surface area contributed by atoms with Gasteiger partial charge in [-0.15, -0.1) is 11.6 Å². The van der Waals surface area contributed by atoms with Crippen molar-refractivity contribution in [3.8, 4) is 6.07 Å². The van der Waals surface area contributed by atoms with Gasteiger partial charge in [-0.05, 0) is 141 Å². The van der Waals surface area contributed by atoms with Crippen LogP contribution >= 0.6 is 11.6 Å². The van der Waals surface area contributed by atoms with Crippen molar-refractivity contribution in [2.45, 2.75) is 225 Å². The minimum atomic E-state index is -0.624. The van der Waals surface area contributed by atoms with Gasteiger partial charge in [0.2, 0.25) is 11.4 Å². The summed E-state index contributed by atoms with van der Waals surface area (Å²) in [5, 5.41) is 9.26. The van der Waals surface area contributed by atoms with Crippen molar-refractivity contribution < 1.29 is 33.6 Å². The van der Waals surface area contributed by atoms with Gasteiger partial charge in [-0.25, -0.2) is 9.69 Å². The number of rotatable bonds is 3. The molecule has 0 spiro atoms. The molecule has 10 aliphatic rings. The Morgan fingerprint density at radius 3 is 1.64 bits per heavy atom. The molecule has 11 heteroatoms. The summed E-state index contributed by atoms with van der Waals surface area (Å²) < 4.78 is 0. The van der Waals surface area contributed by atoms with Gasteiger partial charge in [0.15, 0.2) is 23.1 Å². The maximum absolute atomic E-state index is 12.7. The van der Waals surface area contributed by atoms with Gasteiger partial charge in [0.1, 0.15) is 23.3 Å². The molecule has 0 saturated heterocycles. The smallest absolute Gasteiger partial charge is 0.226 e. The van der Waals surface area contributed by atoms with E-state index >= 15 is 0 Å². The quantitative estimate of drug-likeness (QED) is 0.154. The number of fused-ring (bicyclic) bond motifs is 9. The molecule has 10 nitrogen and oxygen atoms in total. The minimum Gasteiger partial charge on any atom is -0.307 e. The van der Waals surface area contributed by atoms with Gasteiger partial charge in [-0.1, -0.05) is 138 Å². The van der Waals surface area contributed by atoms with E-state index in [4.69, 9.17) is 24.7 Å². The Balaban J connectivity index is 0.000000172. The summed E-state index contributed by atoms with van der Waals surface area (Å²) >= 11 is 5.25. The third kappa shape index (κ3) is 11.7. The van der Waals surface area contributed by atoms with E-state index in [1.165, 1.54) is 38.5 Å². The lowest BCUT2D eigenvalue weighted by Gasteiger charge is -2.60. The highest BCUT2D eigenvalue weighted by molar-refractivity contribution is 6.19. The van der Waals surface area contributed by atoms with Gasteiger partial charge < -0.3 is 9.59 Å². The van der Waals surface area contributed by atoms with Crippen LogP contribution in [0, 0.1) is 103 Å². The van der Waals surface area contributed by atoms with Crippen molar-refractivity contribution in [1.29, 1.82) is 5.26 Å². The van der Waals surface area contributed by atoms with E-state index in [1.54, 1.807) is 17.7 Å². The summed E-state index contributed by atoms with van der Waals surface area (Å²) in [4.78, 5) is 90.1. The van der Waals surface area contributed by atoms with Crippen LogP contribution in [-0.4, -0.2) is 46.4 Å². The molecule has 0 radical (unpaired) electrons. The highest BCUT2D eigenvalue weighted by atomic mass is 35.5. The lowest BCUT2D eigenvalue weighted by atomic mass is 9.44. The number of ketones is 7. The fraction of sp³-hybridized carbons (Fsp3) is 0.710. The second-order valence-electron chi connectivity index (χ2n) is 28.8. The number of halogens is 1. The molecule has 5 fully saturated rings. The fourth-order valence-electron chi connectivity index (χ4n) is 17.6. The van der Waals surface area contributed by atoms with Crippen LogP contribution in [0.4, 0.5) is 0 Å². The van der Waals surface area contributed by atoms with Gasteiger partial charge in [0, 0.05) is 71.0 Å². The average molecular weight is 1110 g/mol. The molecule has 434 valence electrons. The van der Waals surface area contributed by atoms with Gasteiger partial charge in [0.05, 0.1) is 19.2 Å². The molecule has 0 amide bonds. The van der Waals surface area contributed by atoms with Crippen LogP contribution in [-0.2, 0) is 33.6 Å². The standard InChI is InChI=1S/C20H22N2O2.C19H23NO2.C18H28O.C7H12O.C5H9ClO/c1-18(2)15-6-7-19(3)9-12(11-21)14(23)8-16(19)20(15,4)10-13(22-5)17(18)24;1-17(2)14-7-9-18(3)8-6-12(21)10-15(18)19(14,4)11-13(20-5)16(17)22;1-16(2)13-8-11-17(3)10-6-5-7-14(17)18(13,4)12-9-15(16)19;1-6-4-2-3-5-7(6)8;1-2-5(7)3-4-6/h8,10,12,15H,6-7,9H2,1-4H3;10-11,14H,6-9H2,1-4H3;7,13H,5-6,8-12H2,1-4H3;6H,2-5H2,1H3;2-4H2,1H3/t12?,15-,19-,20-;14-,18+,19-;13-,17+,18-;;/m000../s1. The van der Waals surface area contributed by atoms with Crippen LogP contribution in [0.15, 0.2) is 58.5 Å². The number of carbonyl (C=O) groups is 7. The first kappa shape index (κ1) is 64.3. The fourth-order valence-corrected chi connectivity index (χ4v) is 17.8. The number of allylic oxidation sites excluding steroid dienone is 10. The predicted octanol–water partition coefficient (Wildman–Crippen LogP) is 16.2. The second kappa shape index (κ2) is 23.8. The molecule has 0 aromatic carbocycles. The molecule has 10 rings (SSSR count). The molecule has 80 heavy (non-hydrogen) atoms. The van der Waals surface area contributed by atoms with Crippen molar-refractivity contribution in [3.05, 3.63) is 81.3 Å². The average Bonchev–Trinajstić information content (AvgIpc) is 3.41. The summed E-state index contributed by atoms with van der Waals surface area (Å²) in [6.45, 7) is 44.3. The van der Waals surface area contributed by atoms with Crippen LogP contribution in [0.25, 0.3) is 9.69 Å². The Hall–Kier alpha value is -4.85. The molecule has 2 unspecified atom stereocenters. The molecule has 11 atom stereocenters. The number of Topliss-reactive ketones (excluding diaryl/α,β-unsaturated/α-hetero) is 5. The van der Waals surface area contributed by atoms with E-state index in [2.05, 4.69) is 77.2 Å². The summed E-state index contributed by atoms with van der Waals surface area (Å²) in [5.74, 6) is 2.13. The molecule has 0 N–H and O–H groups in total. The third-order valence-electron chi connectivity index (χ3n) is 22.4. The first-order valence-electron chi connectivity index (χ1n) is 30.2. The van der Waals surface area contributed by atoms with Crippen molar-refractivity contribution >= 4 is 52.1 Å². The number of nitrogens with zero attached hydrogens (tertiary/aromatic N) is 3. The van der Waals surface area contributed by atoms with Gasteiger partial charge in [-0.3, -0.25) is 24.0 Å². The summed E-state index contributed by atoms with van der Waals surface area (Å²) in [5.41, 5.74) is 2.66. The SMILES string of the molecule is CC1(C)C(=O)CC[C@]2(C)C3=CCCC[C@]3(C)CC[C@@H]12.CC1CCCCC1=O.CCC(=O)CCCl.[C-]#[N+]C1=C[C@]2(C)C3=CC(=O)C(C#N)C[C@]3(C)CC[C@H]2C(C)(C)C1=O.[C-]#[N+]C1=C[C@]2(C)C3=CC(=O)CC[C@]3(C)CC[C@H]2C(C)(C)C1=O. The van der Waals surface area contributed by atoms with Crippen molar-refractivity contribution in [2.75, 3.05) is 5.88 Å². The Bertz CT molecular complexity index is 2840. The maximum Gasteiger partial charge on any atom is 0.226 e. The third-order valence-corrected chi connectivity index (χ3v) is 22.6. The van der Waals surface area contributed by atoms with Crippen molar-refractivity contribution in [3.63, 3.8) is 0 Å². The van der Waals surface area contributed by atoms with Crippen molar-refractivity contribution in [2.24, 2.45) is 78.3 Å². The Labute approximate surface area is 485 Å². The first-order valence-corrected chi connectivity index (χ1v) is 30.8. The molecule has 0 aliphatic heterocycles. The van der Waals surface area contributed by atoms with Crippen LogP contribution < -0.4 is 0 Å². The molecule has 10 aliphatic carbocycles. The molecule has 5 saturated carbocycles. The van der Waals surface area contributed by atoms with E-state index < -0.39 is 22.2 Å². The molecule has 0 aromatic heterocycles. The highest BCUT2D eigenvalue weighted by Crippen LogP contribution is 2.67. The number of hydrogen-bond donors (Lipinski definition) is 0. The highest BCUT2D eigenvalue weighted by Gasteiger charge is 2.62. The Morgan fingerprint density at radius 2 is 1.16 bits per heavy atom. The first-order chi connectivity index (χ1) is 37.2. The Kier molecular flexibility index (Phi) is 19.1. The van der Waals surface area contributed by atoms with E-state index in [-0.39, 0.29) is 79.2 Å². The van der Waals surface area contributed by atoms with E-state index in [1.807, 2.05) is 53.7 Å². The topological polar surface area (TPSA) is 152 Å². The van der Waals surface area contributed by atoms with Crippen LogP contribution in [0.3, 0.4) is 0 Å². The zero-order chi connectivity index (χ0) is 59.8. The Morgan fingerprint density at radius 1 is 0.637 bits per heavy atom. The van der Waals surface area contributed by atoms with Gasteiger partial charge in [-0.2, -0.15) is 5.26 Å². The summed E-state index contributed by atoms with van der Waals surface area (Å²) in [6, 6.07) is 2.13. The lowest BCUT2D eigenvalue weighted by Crippen LogP contribution is -2.54. The van der Waals surface area contributed by atoms with E-state index in [0.717, 1.165) is 75.4 Å². The zero-order valence-electron chi connectivity index (χ0n) is 51.2. The predicted molar refractivity (Wildman–Crippen MR) is 316 cm³/mol. The number of nitriles is 1. The van der Waals surface area contributed by atoms with E-state index in [9.17, 15) is 38.8 Å². The lowest BCUT2D eigenvalue weighted by molar-refractivity contribution is -0.141. The largest absolute Gasteiger partial charge is 0.307 e. The van der Waals surface area contributed by atoms with Gasteiger partial charge in [0.25, 0.3) is 0 Å². The van der Waals surface area contributed by atoms with Crippen LogP contribution in [0.5, 0.6) is 0 Å². The second-order valence-corrected chi connectivity index (χ2v) is 29.2. The number of alkyl halides is 1. The summed E-state index contributed by atoms with van der Waals surface area (Å²) in [6.07, 6.45) is 29.2. The molecular formula is C69H94ClN3O7. The molecule has 0 aromatic rings. The van der Waals surface area contributed by atoms with Crippen LogP contribution in [0.1, 0.15) is 225 Å². The molecule has 0 heterocycles.